The first-order chi connectivity index (χ1) is 17.0. The van der Waals surface area contributed by atoms with Crippen molar-refractivity contribution < 1.29 is 72.8 Å². The van der Waals surface area contributed by atoms with Crippen LogP contribution in [0.5, 0.6) is 0 Å². The van der Waals surface area contributed by atoms with Gasteiger partial charge in [0, 0.05) is 5.69 Å². The molecule has 2 N–H and O–H groups in total. The summed E-state index contributed by atoms with van der Waals surface area (Å²) in [5.41, 5.74) is 1.19. The van der Waals surface area contributed by atoms with E-state index in [9.17, 15) is 26.2 Å². The number of nitrogens with one attached hydrogen (secondary N) is 2. The Morgan fingerprint density at radius 3 is 2.16 bits per heavy atom. The molecule has 4 rings (SSSR count). The second kappa shape index (κ2) is 11.5. The van der Waals surface area contributed by atoms with Gasteiger partial charge in [0.2, 0.25) is 0 Å². The molecule has 0 aliphatic heterocycles. The van der Waals surface area contributed by atoms with Crippen LogP contribution in [0.25, 0.3) is 5.69 Å². The van der Waals surface area contributed by atoms with Crippen molar-refractivity contribution in [1.29, 1.82) is 0 Å². The Morgan fingerprint density at radius 1 is 0.892 bits per heavy atom. The molecule has 0 saturated heterocycles. The summed E-state index contributed by atoms with van der Waals surface area (Å²) in [6.07, 6.45) is 0. The molecule has 3 aromatic carbocycles. The van der Waals surface area contributed by atoms with Gasteiger partial charge >= 0.3 is 51.4 Å². The molecule has 0 aliphatic rings. The number of para-hydroxylation sites is 1. The van der Waals surface area contributed by atoms with E-state index in [1.54, 1.807) is 56.3 Å². The Morgan fingerprint density at radius 2 is 1.54 bits per heavy atom. The molecule has 11 nitrogen and oxygen atoms in total. The van der Waals surface area contributed by atoms with Gasteiger partial charge in [0.25, 0.3) is 15.6 Å². The van der Waals surface area contributed by atoms with Crippen molar-refractivity contribution in [3.8, 4) is 5.69 Å². The summed E-state index contributed by atoms with van der Waals surface area (Å²) in [6, 6.07) is 17.8. The zero-order valence-corrected chi connectivity index (χ0v) is 24.8. The average Bonchev–Trinajstić information content (AvgIpc) is 3.11. The van der Waals surface area contributed by atoms with Crippen molar-refractivity contribution in [2.24, 2.45) is 10.2 Å². The number of benzene rings is 3. The van der Waals surface area contributed by atoms with E-state index in [0.29, 0.717) is 16.9 Å². The molecule has 1 heterocycles. The Hall–Kier alpha value is -2.43. The minimum absolute atomic E-state index is 0. The monoisotopic (exact) mass is 565 g/mol. The first kappa shape index (κ1) is 29.1. The fourth-order valence-electron chi connectivity index (χ4n) is 3.36. The summed E-state index contributed by atoms with van der Waals surface area (Å²) in [4.78, 5) is 12.5. The number of rotatable bonds is 7. The van der Waals surface area contributed by atoms with Crippen LogP contribution in [0.2, 0.25) is 0 Å². The topological polar surface area (TPSA) is 166 Å². The average molecular weight is 566 g/mol. The van der Waals surface area contributed by atoms with Crippen molar-refractivity contribution in [1.82, 2.24) is 9.78 Å². The van der Waals surface area contributed by atoms with Gasteiger partial charge in [-0.25, -0.2) is 21.5 Å². The number of nitrogens with zero attached hydrogens (tertiary/aromatic N) is 3. The van der Waals surface area contributed by atoms with Crippen LogP contribution in [-0.2, 0) is 20.1 Å². The second-order valence-corrected chi connectivity index (χ2v) is 10.8. The summed E-state index contributed by atoms with van der Waals surface area (Å²) in [7, 11) is -8.52. The molecule has 0 bridgehead atoms. The summed E-state index contributed by atoms with van der Waals surface area (Å²) in [6.45, 7) is 3.25. The smallest absolute Gasteiger partial charge is 0.744 e. The molecule has 4 aromatic rings. The number of aromatic amines is 1. The van der Waals surface area contributed by atoms with Gasteiger partial charge in [-0.3, -0.25) is 14.6 Å². The SMILES string of the molecule is Cc1ccc(N=Nc2c(C)[nH]n(-c3ccc(S(=O)(=O)[O-])cc3)c2=O)cc1S(=O)(=O)Nc1ccccc1.[K+]. The summed E-state index contributed by atoms with van der Waals surface area (Å²) < 4.78 is 62.8. The second-order valence-electron chi connectivity index (χ2n) is 7.80. The molecule has 0 spiro atoms. The van der Waals surface area contributed by atoms with Crippen molar-refractivity contribution in [2.75, 3.05) is 4.72 Å². The molecular formula is C23H20KN5O6S2. The van der Waals surface area contributed by atoms with E-state index >= 15 is 0 Å². The molecule has 14 heteroatoms. The molecule has 0 aliphatic carbocycles. The number of hydrogen-bond donors (Lipinski definition) is 2. The van der Waals surface area contributed by atoms with Gasteiger partial charge in [-0.05, 0) is 67.9 Å². The number of anilines is 1. The van der Waals surface area contributed by atoms with Crippen LogP contribution in [0.4, 0.5) is 17.1 Å². The van der Waals surface area contributed by atoms with E-state index in [1.807, 2.05) is 0 Å². The molecule has 0 amide bonds. The maximum atomic E-state index is 12.9. The van der Waals surface area contributed by atoms with Gasteiger partial charge in [0.15, 0.2) is 5.69 Å². The van der Waals surface area contributed by atoms with E-state index in [-0.39, 0.29) is 73.3 Å². The van der Waals surface area contributed by atoms with Crippen molar-refractivity contribution >= 4 is 37.2 Å². The molecule has 0 atom stereocenters. The molecule has 37 heavy (non-hydrogen) atoms. The Labute approximate surface area is 255 Å². The van der Waals surface area contributed by atoms with E-state index in [1.165, 1.54) is 18.2 Å². The Balaban J connectivity index is 0.00000380. The third-order valence-corrected chi connectivity index (χ3v) is 7.55. The number of H-pyrrole nitrogens is 1. The maximum absolute atomic E-state index is 12.9. The number of sulfonamides is 1. The molecule has 1 aromatic heterocycles. The van der Waals surface area contributed by atoms with Crippen LogP contribution in [0.3, 0.4) is 0 Å². The first-order valence-corrected chi connectivity index (χ1v) is 13.3. The minimum atomic E-state index is -4.62. The number of aryl methyl sites for hydroxylation is 2. The van der Waals surface area contributed by atoms with Crippen molar-refractivity contribution in [3.05, 3.63) is 94.4 Å². The van der Waals surface area contributed by atoms with Crippen LogP contribution in [-0.4, -0.2) is 31.2 Å². The molecule has 0 saturated carbocycles. The summed E-state index contributed by atoms with van der Waals surface area (Å²) in [5.74, 6) is 0. The number of aromatic nitrogens is 2. The molecule has 0 radical (unpaired) electrons. The first-order valence-electron chi connectivity index (χ1n) is 10.4. The quantitative estimate of drug-likeness (QED) is 0.192. The van der Waals surface area contributed by atoms with Gasteiger partial charge in [0.05, 0.1) is 26.9 Å². The fraction of sp³-hybridized carbons (Fsp3) is 0.0870. The van der Waals surface area contributed by atoms with Gasteiger partial charge in [-0.2, -0.15) is 5.11 Å². The van der Waals surface area contributed by atoms with E-state index < -0.39 is 30.6 Å². The van der Waals surface area contributed by atoms with Crippen LogP contribution >= 0.6 is 0 Å². The third kappa shape index (κ3) is 6.72. The van der Waals surface area contributed by atoms with E-state index in [2.05, 4.69) is 20.0 Å². The van der Waals surface area contributed by atoms with Crippen LogP contribution in [0.1, 0.15) is 11.3 Å². The van der Waals surface area contributed by atoms with Gasteiger partial charge in [-0.15, -0.1) is 5.11 Å². The standard InChI is InChI=1S/C23H21N5O6S2.K/c1-15-8-9-18(14-21(15)35(30,31)27-17-6-4-3-5-7-17)24-25-22-16(2)26-28(23(22)29)19-10-12-20(13-11-19)36(32,33)34;/h3-14,26-27H,1-2H3,(H,32,33,34);/q;+1/p-1. The van der Waals surface area contributed by atoms with Crippen molar-refractivity contribution in [2.45, 2.75) is 23.6 Å². The van der Waals surface area contributed by atoms with Crippen molar-refractivity contribution in [3.63, 3.8) is 0 Å². The molecule has 0 unspecified atom stereocenters. The predicted molar refractivity (Wildman–Crippen MR) is 132 cm³/mol. The van der Waals surface area contributed by atoms with E-state index in [0.717, 1.165) is 16.8 Å². The van der Waals surface area contributed by atoms with Crippen LogP contribution < -0.4 is 61.7 Å². The van der Waals surface area contributed by atoms with Gasteiger partial charge in [0.1, 0.15) is 10.1 Å². The van der Waals surface area contributed by atoms with Crippen LogP contribution in [0.15, 0.2) is 97.6 Å². The van der Waals surface area contributed by atoms with Crippen LogP contribution in [0, 0.1) is 13.8 Å². The molecule has 186 valence electrons. The Bertz CT molecular complexity index is 1730. The molecular weight excluding hydrogens is 546 g/mol. The third-order valence-electron chi connectivity index (χ3n) is 5.18. The Kier molecular flexibility index (Phi) is 9.08. The summed E-state index contributed by atoms with van der Waals surface area (Å²) in [5, 5.41) is 10.9. The fourth-order valence-corrected chi connectivity index (χ4v) is 5.16. The van der Waals surface area contributed by atoms with Gasteiger partial charge in [-0.1, -0.05) is 24.3 Å². The number of hydrogen-bond acceptors (Lipinski definition) is 8. The van der Waals surface area contributed by atoms with E-state index in [4.69, 9.17) is 0 Å². The summed E-state index contributed by atoms with van der Waals surface area (Å²) >= 11 is 0. The predicted octanol–water partition coefficient (Wildman–Crippen LogP) is 0.907. The minimum Gasteiger partial charge on any atom is -0.744 e. The van der Waals surface area contributed by atoms with Gasteiger partial charge < -0.3 is 4.55 Å². The number of azo groups is 1. The largest absolute Gasteiger partial charge is 1.00 e. The zero-order valence-electron chi connectivity index (χ0n) is 20.0. The zero-order chi connectivity index (χ0) is 26.1. The maximum Gasteiger partial charge on any atom is 1.00 e. The normalized spacial score (nSPS) is 11.9. The molecule has 0 fully saturated rings.